The van der Waals surface area contributed by atoms with Gasteiger partial charge in [-0.2, -0.15) is 11.3 Å². The van der Waals surface area contributed by atoms with Gasteiger partial charge in [0.1, 0.15) is 16.7 Å². The predicted molar refractivity (Wildman–Crippen MR) is 196 cm³/mol. The minimum Gasteiger partial charge on any atom is -0.494 e. The maximum Gasteiger partial charge on any atom is 0.272 e. The van der Waals surface area contributed by atoms with Crippen molar-refractivity contribution in [3.63, 3.8) is 0 Å². The third-order valence-electron chi connectivity index (χ3n) is 6.97. The van der Waals surface area contributed by atoms with E-state index in [0.29, 0.717) is 23.0 Å². The molecule has 0 radical (unpaired) electrons. The number of hydrogen-bond acceptors (Lipinski definition) is 8. The SMILES string of the molecule is CCOc1ccc2nc(NC(=O)C(Sc3cccc(NC(=O)/C(=C/c4ccsc4)NC(=O)c4ccccc4)c3)c3ccccc3)sc2c1. The average molecular weight is 691 g/mol. The molecule has 0 aliphatic rings. The van der Waals surface area contributed by atoms with Gasteiger partial charge in [-0.25, -0.2) is 4.98 Å². The van der Waals surface area contributed by atoms with Gasteiger partial charge in [0.05, 0.1) is 16.8 Å². The molecule has 0 saturated carbocycles. The highest BCUT2D eigenvalue weighted by atomic mass is 32.2. The van der Waals surface area contributed by atoms with Gasteiger partial charge in [0, 0.05) is 16.1 Å². The number of benzene rings is 4. The molecule has 0 aliphatic carbocycles. The second-order valence-electron chi connectivity index (χ2n) is 10.4. The van der Waals surface area contributed by atoms with Crippen molar-refractivity contribution in [2.24, 2.45) is 0 Å². The quantitative estimate of drug-likeness (QED) is 0.0876. The van der Waals surface area contributed by atoms with Gasteiger partial charge in [0.15, 0.2) is 5.13 Å². The summed E-state index contributed by atoms with van der Waals surface area (Å²) in [4.78, 5) is 45.6. The lowest BCUT2D eigenvalue weighted by molar-refractivity contribution is -0.116. The van der Waals surface area contributed by atoms with E-state index in [1.807, 2.05) is 90.5 Å². The molecule has 1 unspecified atom stereocenters. The summed E-state index contributed by atoms with van der Waals surface area (Å²) in [6.07, 6.45) is 1.64. The molecule has 0 saturated heterocycles. The van der Waals surface area contributed by atoms with Gasteiger partial charge in [-0.15, -0.1) is 11.8 Å². The Balaban J connectivity index is 1.20. The summed E-state index contributed by atoms with van der Waals surface area (Å²) in [5.41, 5.74) is 3.44. The molecule has 240 valence electrons. The highest BCUT2D eigenvalue weighted by Gasteiger charge is 2.24. The van der Waals surface area contributed by atoms with Crippen molar-refractivity contribution in [1.82, 2.24) is 10.3 Å². The summed E-state index contributed by atoms with van der Waals surface area (Å²) in [5.74, 6) is -0.345. The normalized spacial score (nSPS) is 11.9. The Morgan fingerprint density at radius 3 is 2.44 bits per heavy atom. The molecule has 0 fully saturated rings. The Morgan fingerprint density at radius 2 is 1.69 bits per heavy atom. The number of hydrogen-bond donors (Lipinski definition) is 3. The fourth-order valence-electron chi connectivity index (χ4n) is 4.73. The average Bonchev–Trinajstić information content (AvgIpc) is 3.77. The maximum absolute atomic E-state index is 13.8. The first-order valence-corrected chi connectivity index (χ1v) is 17.7. The van der Waals surface area contributed by atoms with Gasteiger partial charge in [0.25, 0.3) is 11.8 Å². The molecule has 8 nitrogen and oxygen atoms in total. The van der Waals surface area contributed by atoms with Crippen molar-refractivity contribution < 1.29 is 19.1 Å². The van der Waals surface area contributed by atoms with E-state index >= 15 is 0 Å². The first-order chi connectivity index (χ1) is 23.4. The summed E-state index contributed by atoms with van der Waals surface area (Å²) in [5, 5.41) is 12.4. The number of fused-ring (bicyclic) bond motifs is 1. The van der Waals surface area contributed by atoms with Gasteiger partial charge in [-0.1, -0.05) is 65.9 Å². The van der Waals surface area contributed by atoms with Crippen LogP contribution < -0.4 is 20.7 Å². The Kier molecular flexibility index (Phi) is 10.6. The molecule has 3 N–H and O–H groups in total. The van der Waals surface area contributed by atoms with E-state index < -0.39 is 17.1 Å². The third-order valence-corrected chi connectivity index (χ3v) is 9.85. The smallest absolute Gasteiger partial charge is 0.272 e. The minimum atomic E-state index is -0.609. The monoisotopic (exact) mass is 690 g/mol. The Hall–Kier alpha value is -5.23. The molecule has 0 spiro atoms. The zero-order valence-electron chi connectivity index (χ0n) is 25.7. The van der Waals surface area contributed by atoms with E-state index in [0.717, 1.165) is 32.0 Å². The lowest BCUT2D eigenvalue weighted by Crippen LogP contribution is -2.30. The molecular formula is C37H30N4O4S3. The molecular weight excluding hydrogens is 661 g/mol. The van der Waals surface area contributed by atoms with E-state index in [-0.39, 0.29) is 11.6 Å². The molecule has 11 heteroatoms. The second-order valence-corrected chi connectivity index (χ2v) is 13.4. The summed E-state index contributed by atoms with van der Waals surface area (Å²) >= 11 is 4.23. The van der Waals surface area contributed by atoms with Crippen molar-refractivity contribution in [3.05, 3.63) is 142 Å². The van der Waals surface area contributed by atoms with Crippen LogP contribution in [0.4, 0.5) is 10.8 Å². The Bertz CT molecular complexity index is 2060. The van der Waals surface area contributed by atoms with Crippen LogP contribution >= 0.6 is 34.4 Å². The molecule has 0 aliphatic heterocycles. The topological polar surface area (TPSA) is 109 Å². The molecule has 6 rings (SSSR count). The van der Waals surface area contributed by atoms with Crippen molar-refractivity contribution in [3.8, 4) is 5.75 Å². The fourth-order valence-corrected chi connectivity index (χ4v) is 7.33. The summed E-state index contributed by atoms with van der Waals surface area (Å²) in [6.45, 7) is 2.49. The van der Waals surface area contributed by atoms with Gasteiger partial charge in [-0.05, 0) is 89.5 Å². The van der Waals surface area contributed by atoms with Crippen LogP contribution in [0.25, 0.3) is 16.3 Å². The van der Waals surface area contributed by atoms with Gasteiger partial charge in [0.2, 0.25) is 5.91 Å². The standard InChI is InChI=1S/C37H30N4O4S3/c1-2-45-28-16-17-30-32(22-28)48-37(40-30)41-36(44)33(25-10-5-3-6-11-25)47-29-15-9-14-27(21-29)38-35(43)31(20-24-18-19-46-23-24)39-34(42)26-12-7-4-8-13-26/h3-23,33H,2H2,1H3,(H,38,43)(H,39,42)(H,40,41,44)/b31-20-. The third kappa shape index (κ3) is 8.37. The van der Waals surface area contributed by atoms with E-state index in [9.17, 15) is 14.4 Å². The molecule has 0 bridgehead atoms. The summed E-state index contributed by atoms with van der Waals surface area (Å²) < 4.78 is 6.53. The number of aromatic nitrogens is 1. The number of nitrogens with one attached hydrogen (secondary N) is 3. The highest BCUT2D eigenvalue weighted by molar-refractivity contribution is 8.00. The van der Waals surface area contributed by atoms with Crippen LogP contribution in [0.3, 0.4) is 0 Å². The molecule has 48 heavy (non-hydrogen) atoms. The highest BCUT2D eigenvalue weighted by Crippen LogP contribution is 2.38. The number of ether oxygens (including phenoxy) is 1. The fraction of sp³-hybridized carbons (Fsp3) is 0.0811. The van der Waals surface area contributed by atoms with Crippen LogP contribution in [0.5, 0.6) is 5.75 Å². The zero-order chi connectivity index (χ0) is 33.3. The van der Waals surface area contributed by atoms with E-state index in [1.165, 1.54) is 34.4 Å². The lowest BCUT2D eigenvalue weighted by atomic mass is 10.1. The predicted octanol–water partition coefficient (Wildman–Crippen LogP) is 8.64. The minimum absolute atomic E-state index is 0.103. The first kappa shape index (κ1) is 32.7. The van der Waals surface area contributed by atoms with Crippen LogP contribution in [-0.4, -0.2) is 29.3 Å². The number of rotatable bonds is 12. The van der Waals surface area contributed by atoms with E-state index in [2.05, 4.69) is 20.9 Å². The van der Waals surface area contributed by atoms with Crippen LogP contribution in [-0.2, 0) is 9.59 Å². The number of carbonyl (C=O) groups is 3. The van der Waals surface area contributed by atoms with E-state index in [4.69, 9.17) is 4.74 Å². The number of thiophene rings is 1. The molecule has 6 aromatic rings. The van der Waals surface area contributed by atoms with E-state index in [1.54, 1.807) is 42.5 Å². The van der Waals surface area contributed by atoms with Crippen LogP contribution in [0.2, 0.25) is 0 Å². The lowest BCUT2D eigenvalue weighted by Gasteiger charge is -2.17. The summed E-state index contributed by atoms with van der Waals surface area (Å²) in [7, 11) is 0. The Morgan fingerprint density at radius 1 is 0.896 bits per heavy atom. The largest absolute Gasteiger partial charge is 0.494 e. The molecule has 1 atom stereocenters. The molecule has 2 aromatic heterocycles. The summed E-state index contributed by atoms with van der Waals surface area (Å²) in [6, 6.07) is 33.0. The first-order valence-electron chi connectivity index (χ1n) is 15.0. The second kappa shape index (κ2) is 15.6. The maximum atomic E-state index is 13.8. The number of anilines is 2. The molecule has 4 aromatic carbocycles. The van der Waals surface area contributed by atoms with Crippen molar-refractivity contribution >= 4 is 79.3 Å². The number of thioether (sulfide) groups is 1. The molecule has 2 heterocycles. The van der Waals surface area contributed by atoms with Crippen LogP contribution in [0.15, 0.2) is 131 Å². The number of thiazole rings is 1. The van der Waals surface area contributed by atoms with Crippen molar-refractivity contribution in [2.75, 3.05) is 17.2 Å². The van der Waals surface area contributed by atoms with Gasteiger partial charge in [-0.3, -0.25) is 14.4 Å². The van der Waals surface area contributed by atoms with Crippen molar-refractivity contribution in [1.29, 1.82) is 0 Å². The van der Waals surface area contributed by atoms with Crippen LogP contribution in [0.1, 0.15) is 33.7 Å². The number of nitrogens with zero attached hydrogens (tertiary/aromatic N) is 1. The number of carbonyl (C=O) groups excluding carboxylic acids is 3. The van der Waals surface area contributed by atoms with Gasteiger partial charge < -0.3 is 20.7 Å². The number of amides is 3. The zero-order valence-corrected chi connectivity index (χ0v) is 28.2. The van der Waals surface area contributed by atoms with Gasteiger partial charge >= 0.3 is 0 Å². The van der Waals surface area contributed by atoms with Crippen molar-refractivity contribution in [2.45, 2.75) is 17.1 Å². The molecule has 3 amide bonds. The Labute approximate surface area is 289 Å². The van der Waals surface area contributed by atoms with Crippen LogP contribution in [0, 0.1) is 0 Å².